The minimum atomic E-state index is -0.482. The highest BCUT2D eigenvalue weighted by molar-refractivity contribution is 6.37. The van der Waals surface area contributed by atoms with E-state index >= 15 is 0 Å². The number of nitrogens with one attached hydrogen (secondary N) is 2. The zero-order valence-corrected chi connectivity index (χ0v) is 18.9. The Morgan fingerprint density at radius 2 is 1.56 bits per heavy atom. The Balaban J connectivity index is 1.76. The van der Waals surface area contributed by atoms with Gasteiger partial charge in [0.15, 0.2) is 0 Å². The average molecular weight is 457 g/mol. The van der Waals surface area contributed by atoms with Crippen LogP contribution in [0.1, 0.15) is 31.8 Å². The van der Waals surface area contributed by atoms with Gasteiger partial charge < -0.3 is 15.4 Å². The van der Waals surface area contributed by atoms with Crippen molar-refractivity contribution in [1.82, 2.24) is 5.06 Å². The first-order chi connectivity index (χ1) is 16.4. The number of esters is 1. The molecule has 4 rings (SSSR count). The summed E-state index contributed by atoms with van der Waals surface area (Å²) in [6.07, 6.45) is 0. The summed E-state index contributed by atoms with van der Waals surface area (Å²) >= 11 is 0. The maximum Gasteiger partial charge on any atom is 0.337 e. The molecular formula is C26H23N3O5. The van der Waals surface area contributed by atoms with Gasteiger partial charge in [0.25, 0.3) is 11.8 Å². The third-order valence-electron chi connectivity index (χ3n) is 5.46. The molecule has 1 aliphatic rings. The fourth-order valence-electron chi connectivity index (χ4n) is 3.65. The Labute approximate surface area is 196 Å². The number of benzene rings is 3. The van der Waals surface area contributed by atoms with Crippen LogP contribution in [0, 0.1) is 0 Å². The van der Waals surface area contributed by atoms with E-state index in [9.17, 15) is 14.4 Å². The summed E-state index contributed by atoms with van der Waals surface area (Å²) in [7, 11) is 4.27. The van der Waals surface area contributed by atoms with Crippen LogP contribution >= 0.6 is 0 Å². The van der Waals surface area contributed by atoms with Crippen LogP contribution in [0.25, 0.3) is 11.3 Å². The predicted molar refractivity (Wildman–Crippen MR) is 129 cm³/mol. The second kappa shape index (κ2) is 9.60. The molecule has 0 radical (unpaired) electrons. The van der Waals surface area contributed by atoms with Crippen molar-refractivity contribution in [2.75, 3.05) is 31.9 Å². The van der Waals surface area contributed by atoms with Gasteiger partial charge in [-0.05, 0) is 42.0 Å². The van der Waals surface area contributed by atoms with Crippen molar-refractivity contribution in [2.45, 2.75) is 0 Å². The summed E-state index contributed by atoms with van der Waals surface area (Å²) < 4.78 is 4.78. The molecule has 34 heavy (non-hydrogen) atoms. The minimum absolute atomic E-state index is 0.277. The van der Waals surface area contributed by atoms with Crippen molar-refractivity contribution in [3.63, 3.8) is 0 Å². The van der Waals surface area contributed by atoms with E-state index in [1.54, 1.807) is 42.5 Å². The number of carbonyl (C=O) groups excluding carboxylic acids is 3. The summed E-state index contributed by atoms with van der Waals surface area (Å²) in [5.41, 5.74) is 4.53. The number of hydroxylamine groups is 2. The number of hydrogen-bond donors (Lipinski definition) is 2. The molecule has 0 saturated heterocycles. The summed E-state index contributed by atoms with van der Waals surface area (Å²) in [5, 5.41) is 7.32. The lowest BCUT2D eigenvalue weighted by molar-refractivity contribution is -0.110. The van der Waals surface area contributed by atoms with Crippen LogP contribution in [-0.2, 0) is 14.4 Å². The molecule has 0 unspecified atom stereocenters. The van der Waals surface area contributed by atoms with Crippen LogP contribution in [0.2, 0.25) is 0 Å². The molecule has 0 fully saturated rings. The third kappa shape index (κ3) is 4.39. The highest BCUT2D eigenvalue weighted by atomic mass is 16.7. The molecule has 1 aliphatic heterocycles. The number of methoxy groups -OCH3 is 1. The Kier molecular flexibility index (Phi) is 6.42. The van der Waals surface area contributed by atoms with Crippen molar-refractivity contribution < 1.29 is 24.0 Å². The summed E-state index contributed by atoms with van der Waals surface area (Å²) in [5.74, 6) is -1.05. The molecule has 172 valence electrons. The number of rotatable bonds is 6. The molecule has 8 nitrogen and oxygen atoms in total. The van der Waals surface area contributed by atoms with E-state index in [1.807, 2.05) is 30.3 Å². The smallest absolute Gasteiger partial charge is 0.337 e. The van der Waals surface area contributed by atoms with Crippen LogP contribution in [0.4, 0.5) is 11.4 Å². The highest BCUT2D eigenvalue weighted by Crippen LogP contribution is 2.38. The Morgan fingerprint density at radius 3 is 2.21 bits per heavy atom. The molecule has 1 heterocycles. The van der Waals surface area contributed by atoms with Gasteiger partial charge in [0.1, 0.15) is 0 Å². The molecule has 0 atom stereocenters. The van der Waals surface area contributed by atoms with Crippen LogP contribution in [0.3, 0.4) is 0 Å². The zero-order chi connectivity index (χ0) is 24.2. The normalized spacial score (nSPS) is 13.6. The first-order valence-electron chi connectivity index (χ1n) is 10.5. The van der Waals surface area contributed by atoms with Gasteiger partial charge in [-0.2, -0.15) is 0 Å². The van der Waals surface area contributed by atoms with Gasteiger partial charge in [-0.25, -0.2) is 9.86 Å². The van der Waals surface area contributed by atoms with Crippen molar-refractivity contribution in [1.29, 1.82) is 0 Å². The topological polar surface area (TPSA) is 97.0 Å². The largest absolute Gasteiger partial charge is 0.465 e. The quantitative estimate of drug-likeness (QED) is 0.330. The molecule has 3 aromatic carbocycles. The van der Waals surface area contributed by atoms with Gasteiger partial charge in [-0.3, -0.25) is 14.4 Å². The molecular weight excluding hydrogens is 434 g/mol. The Hall–Kier alpha value is -4.43. The second-order valence-electron chi connectivity index (χ2n) is 7.51. The molecule has 2 amide bonds. The fraction of sp³-hybridized carbons (Fsp3) is 0.115. The first-order valence-corrected chi connectivity index (χ1v) is 10.5. The monoisotopic (exact) mass is 457 g/mol. The van der Waals surface area contributed by atoms with E-state index in [0.717, 1.165) is 10.6 Å². The van der Waals surface area contributed by atoms with Gasteiger partial charge in [0, 0.05) is 23.9 Å². The first kappa shape index (κ1) is 22.8. The highest BCUT2D eigenvalue weighted by Gasteiger charge is 2.29. The van der Waals surface area contributed by atoms with Crippen molar-refractivity contribution in [3.05, 3.63) is 95.1 Å². The van der Waals surface area contributed by atoms with E-state index in [0.29, 0.717) is 39.3 Å². The van der Waals surface area contributed by atoms with E-state index in [-0.39, 0.29) is 11.8 Å². The lowest BCUT2D eigenvalue weighted by Crippen LogP contribution is -2.25. The molecule has 0 saturated carbocycles. The SMILES string of the molecule is COC(=O)c1ccc2c(c1)NC(=O)C2=C(Nc1ccc(C(=O)N(C)OC)cc1)c1ccccc1. The van der Waals surface area contributed by atoms with Crippen LogP contribution in [0.15, 0.2) is 72.8 Å². The average Bonchev–Trinajstić information content (AvgIpc) is 3.21. The molecule has 2 N–H and O–H groups in total. The molecule has 3 aromatic rings. The number of anilines is 2. The van der Waals surface area contributed by atoms with Gasteiger partial charge in [0.05, 0.1) is 36.7 Å². The molecule has 0 bridgehead atoms. The van der Waals surface area contributed by atoms with E-state index < -0.39 is 5.97 Å². The van der Waals surface area contributed by atoms with Gasteiger partial charge in [0.2, 0.25) is 0 Å². The lowest BCUT2D eigenvalue weighted by Gasteiger charge is -2.16. The number of hydrogen-bond acceptors (Lipinski definition) is 6. The maximum atomic E-state index is 13.0. The third-order valence-corrected chi connectivity index (χ3v) is 5.46. The van der Waals surface area contributed by atoms with E-state index in [2.05, 4.69) is 10.6 Å². The Morgan fingerprint density at radius 1 is 0.882 bits per heavy atom. The molecule has 0 aromatic heterocycles. The van der Waals surface area contributed by atoms with Crippen molar-refractivity contribution in [2.24, 2.45) is 0 Å². The lowest BCUT2D eigenvalue weighted by atomic mass is 9.99. The predicted octanol–water partition coefficient (Wildman–Crippen LogP) is 4.04. The number of carbonyl (C=O) groups is 3. The molecule has 8 heteroatoms. The summed E-state index contributed by atoms with van der Waals surface area (Å²) in [6, 6.07) is 21.3. The Bertz CT molecular complexity index is 1280. The minimum Gasteiger partial charge on any atom is -0.465 e. The molecule has 0 aliphatic carbocycles. The zero-order valence-electron chi connectivity index (χ0n) is 18.9. The van der Waals surface area contributed by atoms with Crippen molar-refractivity contribution in [3.8, 4) is 0 Å². The van der Waals surface area contributed by atoms with Crippen LogP contribution < -0.4 is 10.6 Å². The number of nitrogens with zero attached hydrogens (tertiary/aromatic N) is 1. The van der Waals surface area contributed by atoms with Crippen LogP contribution in [-0.4, -0.2) is 44.1 Å². The summed E-state index contributed by atoms with van der Waals surface area (Å²) in [4.78, 5) is 42.2. The van der Waals surface area contributed by atoms with Gasteiger partial charge >= 0.3 is 5.97 Å². The van der Waals surface area contributed by atoms with Gasteiger partial charge in [-0.1, -0.05) is 36.4 Å². The standard InChI is InChI=1S/C26H23N3O5/c1-29(34-3)25(31)17-9-12-19(13-10-17)27-23(16-7-5-4-6-8-16)22-20-14-11-18(26(32)33-2)15-21(20)28-24(22)30/h4-15,27H,1-3H3,(H,28,30). The maximum absolute atomic E-state index is 13.0. The van der Waals surface area contributed by atoms with E-state index in [1.165, 1.54) is 21.3 Å². The van der Waals surface area contributed by atoms with Gasteiger partial charge in [-0.15, -0.1) is 0 Å². The fourth-order valence-corrected chi connectivity index (χ4v) is 3.65. The van der Waals surface area contributed by atoms with Crippen LogP contribution in [0.5, 0.6) is 0 Å². The van der Waals surface area contributed by atoms with Crippen molar-refractivity contribution >= 4 is 40.4 Å². The number of ether oxygens (including phenoxy) is 1. The van der Waals surface area contributed by atoms with E-state index in [4.69, 9.17) is 9.57 Å². The second-order valence-corrected chi connectivity index (χ2v) is 7.51. The number of fused-ring (bicyclic) bond motifs is 1. The number of amides is 2. The summed E-state index contributed by atoms with van der Waals surface area (Å²) in [6.45, 7) is 0. The molecule has 0 spiro atoms.